The Hall–Kier alpha value is -2.55. The zero-order valence-corrected chi connectivity index (χ0v) is 11.9. The van der Waals surface area contributed by atoms with Crippen LogP contribution in [0.4, 0.5) is 0 Å². The second kappa shape index (κ2) is 5.44. The highest BCUT2D eigenvalue weighted by Crippen LogP contribution is 2.28. The maximum atomic E-state index is 10.7. The van der Waals surface area contributed by atoms with Crippen molar-refractivity contribution in [3.63, 3.8) is 0 Å². The van der Waals surface area contributed by atoms with Gasteiger partial charge in [-0.05, 0) is 59.2 Å². The predicted molar refractivity (Wildman–Crippen MR) is 84.4 cm³/mol. The summed E-state index contributed by atoms with van der Waals surface area (Å²) in [5.74, 6) is -0.758. The van der Waals surface area contributed by atoms with Crippen LogP contribution < -0.4 is 0 Å². The second-order valence-corrected chi connectivity index (χ2v) is 5.32. The topological polar surface area (TPSA) is 53.1 Å². The lowest BCUT2D eigenvalue weighted by Gasteiger charge is -2.09. The Morgan fingerprint density at radius 1 is 1.14 bits per heavy atom. The third-order valence-electron chi connectivity index (χ3n) is 3.79. The van der Waals surface area contributed by atoms with Gasteiger partial charge >= 0.3 is 5.97 Å². The van der Waals surface area contributed by atoms with Crippen molar-refractivity contribution in [1.29, 1.82) is 0 Å². The molecule has 0 unspecified atom stereocenters. The van der Waals surface area contributed by atoms with Crippen LogP contribution in [0.1, 0.15) is 17.5 Å². The minimum Gasteiger partial charge on any atom is -0.481 e. The van der Waals surface area contributed by atoms with Crippen molar-refractivity contribution in [2.45, 2.75) is 19.8 Å². The highest BCUT2D eigenvalue weighted by molar-refractivity contribution is 5.85. The number of H-pyrrole nitrogens is 1. The normalized spacial score (nSPS) is 10.9. The fourth-order valence-electron chi connectivity index (χ4n) is 2.61. The summed E-state index contributed by atoms with van der Waals surface area (Å²) in [5, 5.41) is 9.99. The van der Waals surface area contributed by atoms with E-state index >= 15 is 0 Å². The van der Waals surface area contributed by atoms with E-state index in [1.165, 1.54) is 16.5 Å². The van der Waals surface area contributed by atoms with E-state index < -0.39 is 5.97 Å². The molecule has 21 heavy (non-hydrogen) atoms. The molecule has 0 fully saturated rings. The van der Waals surface area contributed by atoms with Gasteiger partial charge in [-0.1, -0.05) is 24.3 Å². The third kappa shape index (κ3) is 2.82. The van der Waals surface area contributed by atoms with E-state index in [4.69, 9.17) is 5.11 Å². The summed E-state index contributed by atoms with van der Waals surface area (Å²) in [6.45, 7) is 2.08. The number of benzene rings is 2. The van der Waals surface area contributed by atoms with Gasteiger partial charge in [0.1, 0.15) is 0 Å². The molecule has 0 saturated heterocycles. The van der Waals surface area contributed by atoms with Gasteiger partial charge in [0.25, 0.3) is 0 Å². The fourth-order valence-corrected chi connectivity index (χ4v) is 2.61. The number of aryl methyl sites for hydroxylation is 2. The van der Waals surface area contributed by atoms with Crippen molar-refractivity contribution >= 4 is 16.9 Å². The summed E-state index contributed by atoms with van der Waals surface area (Å²) >= 11 is 0. The number of carboxylic acids is 1. The summed E-state index contributed by atoms with van der Waals surface area (Å²) in [7, 11) is 0. The van der Waals surface area contributed by atoms with Crippen molar-refractivity contribution in [3.8, 4) is 11.1 Å². The summed E-state index contributed by atoms with van der Waals surface area (Å²) in [6.07, 6.45) is 2.67. The molecule has 3 rings (SSSR count). The number of fused-ring (bicyclic) bond motifs is 1. The number of rotatable bonds is 4. The largest absolute Gasteiger partial charge is 0.481 e. The van der Waals surface area contributed by atoms with Crippen LogP contribution >= 0.6 is 0 Å². The Balaban J connectivity index is 1.99. The van der Waals surface area contributed by atoms with Gasteiger partial charge in [0.05, 0.1) is 0 Å². The molecule has 0 saturated carbocycles. The molecular weight excluding hydrogens is 262 g/mol. The van der Waals surface area contributed by atoms with E-state index in [0.717, 1.165) is 16.6 Å². The van der Waals surface area contributed by atoms with Crippen LogP contribution in [0.5, 0.6) is 0 Å². The number of nitrogens with one attached hydrogen (secondary N) is 1. The number of hydrogen-bond acceptors (Lipinski definition) is 1. The Morgan fingerprint density at radius 3 is 2.81 bits per heavy atom. The van der Waals surface area contributed by atoms with Crippen LogP contribution in [0.15, 0.2) is 48.7 Å². The number of aromatic amines is 1. The number of hydrogen-bond donors (Lipinski definition) is 2. The molecule has 3 heteroatoms. The highest BCUT2D eigenvalue weighted by atomic mass is 16.4. The average molecular weight is 279 g/mol. The van der Waals surface area contributed by atoms with Gasteiger partial charge in [-0.15, -0.1) is 0 Å². The van der Waals surface area contributed by atoms with Gasteiger partial charge in [-0.2, -0.15) is 0 Å². The molecule has 3 aromatic rings. The third-order valence-corrected chi connectivity index (χ3v) is 3.79. The molecule has 1 aromatic heterocycles. The molecule has 0 aliphatic heterocycles. The lowest BCUT2D eigenvalue weighted by Crippen LogP contribution is -1.98. The summed E-state index contributed by atoms with van der Waals surface area (Å²) < 4.78 is 0. The summed E-state index contributed by atoms with van der Waals surface area (Å²) in [5.41, 5.74) is 5.72. The van der Waals surface area contributed by atoms with Crippen LogP contribution in [-0.4, -0.2) is 16.1 Å². The Bertz CT molecular complexity index is 802. The molecule has 0 aliphatic carbocycles. The SMILES string of the molecule is Cc1ccc(CCC(=O)O)cc1-c1ccc2[nH]ccc2c1. The lowest BCUT2D eigenvalue weighted by atomic mass is 9.96. The first-order valence-corrected chi connectivity index (χ1v) is 7.02. The van der Waals surface area contributed by atoms with Crippen molar-refractivity contribution < 1.29 is 9.90 Å². The molecular formula is C18H17NO2. The van der Waals surface area contributed by atoms with E-state index in [9.17, 15) is 4.79 Å². The van der Waals surface area contributed by atoms with Crippen molar-refractivity contribution in [2.75, 3.05) is 0 Å². The minimum atomic E-state index is -0.758. The molecule has 0 atom stereocenters. The fraction of sp³-hybridized carbons (Fsp3) is 0.167. The van der Waals surface area contributed by atoms with Crippen molar-refractivity contribution in [2.24, 2.45) is 0 Å². The Labute approximate surface area is 123 Å². The van der Waals surface area contributed by atoms with Crippen molar-refractivity contribution in [1.82, 2.24) is 4.98 Å². The molecule has 0 amide bonds. The first-order chi connectivity index (χ1) is 10.1. The standard InChI is InChI=1S/C18H17NO2/c1-12-2-3-13(4-7-18(20)21)10-16(12)14-5-6-17-15(11-14)8-9-19-17/h2-3,5-6,8-11,19H,4,7H2,1H3,(H,20,21). The molecule has 1 heterocycles. The minimum absolute atomic E-state index is 0.166. The predicted octanol–water partition coefficient (Wildman–Crippen LogP) is 4.16. The smallest absolute Gasteiger partial charge is 0.303 e. The Kier molecular flexibility index (Phi) is 3.48. The van der Waals surface area contributed by atoms with Gasteiger partial charge in [-0.25, -0.2) is 0 Å². The van der Waals surface area contributed by atoms with Gasteiger partial charge < -0.3 is 10.1 Å². The van der Waals surface area contributed by atoms with Crippen LogP contribution in [0.2, 0.25) is 0 Å². The van der Waals surface area contributed by atoms with Gasteiger partial charge in [0.2, 0.25) is 0 Å². The summed E-state index contributed by atoms with van der Waals surface area (Å²) in [4.78, 5) is 13.9. The molecule has 2 aromatic carbocycles. The van der Waals surface area contributed by atoms with E-state index in [0.29, 0.717) is 6.42 Å². The lowest BCUT2D eigenvalue weighted by molar-refractivity contribution is -0.136. The molecule has 3 nitrogen and oxygen atoms in total. The number of carbonyl (C=O) groups is 1. The maximum absolute atomic E-state index is 10.7. The zero-order valence-electron chi connectivity index (χ0n) is 11.9. The Morgan fingerprint density at radius 2 is 2.00 bits per heavy atom. The molecule has 0 aliphatic rings. The van der Waals surface area contributed by atoms with Crippen LogP contribution in [-0.2, 0) is 11.2 Å². The molecule has 0 spiro atoms. The first kappa shape index (κ1) is 13.4. The number of aliphatic carboxylic acids is 1. The average Bonchev–Trinajstić information content (AvgIpc) is 2.93. The monoisotopic (exact) mass is 279 g/mol. The maximum Gasteiger partial charge on any atom is 0.303 e. The zero-order chi connectivity index (χ0) is 14.8. The van der Waals surface area contributed by atoms with Gasteiger partial charge in [-0.3, -0.25) is 4.79 Å². The summed E-state index contributed by atoms with van der Waals surface area (Å²) in [6, 6.07) is 14.6. The molecule has 2 N–H and O–H groups in total. The molecule has 0 bridgehead atoms. The number of aromatic nitrogens is 1. The molecule has 106 valence electrons. The van der Waals surface area contributed by atoms with Gasteiger partial charge in [0, 0.05) is 18.1 Å². The first-order valence-electron chi connectivity index (χ1n) is 7.02. The quantitative estimate of drug-likeness (QED) is 0.753. The van der Waals surface area contributed by atoms with E-state index in [2.05, 4.69) is 48.3 Å². The second-order valence-electron chi connectivity index (χ2n) is 5.32. The van der Waals surface area contributed by atoms with E-state index in [1.54, 1.807) is 0 Å². The highest BCUT2D eigenvalue weighted by Gasteiger charge is 2.06. The van der Waals surface area contributed by atoms with Gasteiger partial charge in [0.15, 0.2) is 0 Å². The van der Waals surface area contributed by atoms with Crippen LogP contribution in [0.25, 0.3) is 22.0 Å². The van der Waals surface area contributed by atoms with E-state index in [-0.39, 0.29) is 6.42 Å². The van der Waals surface area contributed by atoms with Crippen LogP contribution in [0, 0.1) is 6.92 Å². The van der Waals surface area contributed by atoms with E-state index in [1.807, 2.05) is 12.3 Å². The number of carboxylic acid groups (broad SMARTS) is 1. The van der Waals surface area contributed by atoms with Crippen molar-refractivity contribution in [3.05, 3.63) is 59.8 Å². The van der Waals surface area contributed by atoms with Crippen LogP contribution in [0.3, 0.4) is 0 Å². The molecule has 0 radical (unpaired) electrons.